The van der Waals surface area contributed by atoms with Crippen LogP contribution in [-0.4, -0.2) is 4.89 Å². The van der Waals surface area contributed by atoms with Gasteiger partial charge in [-0.2, -0.15) is 0 Å². The fourth-order valence-electron chi connectivity index (χ4n) is 1.14. The van der Waals surface area contributed by atoms with Gasteiger partial charge in [-0.1, -0.05) is 36.4 Å². The molecule has 2 rings (SSSR count). The molecule has 0 aliphatic heterocycles. The smallest absolute Gasteiger partial charge is 0.386 e. The highest BCUT2D eigenvalue weighted by Crippen LogP contribution is 2.65. The molecule has 0 fully saturated rings. The van der Waals surface area contributed by atoms with E-state index in [-0.39, 0.29) is 0 Å². The predicted molar refractivity (Wildman–Crippen MR) is 79.1 cm³/mol. The topological polar surface area (TPSA) is 55.8 Å². The molecule has 0 unspecified atom stereocenters. The first-order valence-electron chi connectivity index (χ1n) is 5.31. The lowest BCUT2D eigenvalue weighted by molar-refractivity contribution is 0.506. The first kappa shape index (κ1) is 14.3. The highest BCUT2D eigenvalue weighted by molar-refractivity contribution is 8.86. The molecule has 7 heteroatoms. The van der Waals surface area contributed by atoms with Crippen LogP contribution in [0.1, 0.15) is 0 Å². The zero-order valence-corrected chi connectivity index (χ0v) is 12.2. The molecular formula is C12H11O4PS2. The van der Waals surface area contributed by atoms with Gasteiger partial charge in [0.2, 0.25) is 0 Å². The lowest BCUT2D eigenvalue weighted by Crippen LogP contribution is -1.83. The van der Waals surface area contributed by atoms with Crippen molar-refractivity contribution < 1.29 is 17.8 Å². The highest BCUT2D eigenvalue weighted by atomic mass is 33.1. The maximum absolute atomic E-state index is 11.8. The highest BCUT2D eigenvalue weighted by Gasteiger charge is 2.25. The van der Waals surface area contributed by atoms with Gasteiger partial charge in [0.15, 0.2) is 23.3 Å². The average Bonchev–Trinajstić information content (AvgIpc) is 2.46. The Morgan fingerprint density at radius 3 is 1.53 bits per heavy atom. The van der Waals surface area contributed by atoms with Crippen molar-refractivity contribution in [1.82, 2.24) is 0 Å². The fourth-order valence-corrected chi connectivity index (χ4v) is 3.68. The van der Waals surface area contributed by atoms with Crippen molar-refractivity contribution in [3.05, 3.63) is 60.7 Å². The van der Waals surface area contributed by atoms with Gasteiger partial charge in [-0.05, 0) is 24.3 Å². The van der Waals surface area contributed by atoms with E-state index >= 15 is 0 Å². The number of hydrogen-bond donors (Lipinski definition) is 1. The summed E-state index contributed by atoms with van der Waals surface area (Å²) in [5, 5.41) is 0. The van der Waals surface area contributed by atoms with Crippen LogP contribution in [0.5, 0.6) is 11.5 Å². The van der Waals surface area contributed by atoms with E-state index < -0.39 is 5.77 Å². The lowest BCUT2D eigenvalue weighted by Gasteiger charge is -2.09. The monoisotopic (exact) mass is 314 g/mol. The van der Waals surface area contributed by atoms with E-state index in [1.807, 2.05) is 12.1 Å². The summed E-state index contributed by atoms with van der Waals surface area (Å²) in [6.45, 7) is 0. The van der Waals surface area contributed by atoms with Crippen LogP contribution in [0.4, 0.5) is 0 Å². The van der Waals surface area contributed by atoms with Crippen molar-refractivity contribution in [2.24, 2.45) is 0 Å². The summed E-state index contributed by atoms with van der Waals surface area (Å²) in [6, 6.07) is 17.6. The number of hydrogen-bond acceptors (Lipinski definition) is 5. The molecule has 0 amide bonds. The molecule has 4 nitrogen and oxygen atoms in total. The normalized spacial score (nSPS) is 11.0. The third-order valence-corrected chi connectivity index (χ3v) is 5.53. The second kappa shape index (κ2) is 6.91. The van der Waals surface area contributed by atoms with E-state index in [2.05, 4.69) is 0 Å². The van der Waals surface area contributed by atoms with Crippen molar-refractivity contribution in [3.8, 4) is 11.5 Å². The number of rotatable bonds is 6. The van der Waals surface area contributed by atoms with Gasteiger partial charge in [0.05, 0.1) is 0 Å². The van der Waals surface area contributed by atoms with Gasteiger partial charge in [-0.3, -0.25) is 4.57 Å². The minimum absolute atomic E-state index is 0.500. The van der Waals surface area contributed by atoms with E-state index in [0.29, 0.717) is 34.8 Å². The Balaban J connectivity index is 1.84. The van der Waals surface area contributed by atoms with Gasteiger partial charge in [0, 0.05) is 0 Å². The van der Waals surface area contributed by atoms with Gasteiger partial charge in [0.25, 0.3) is 0 Å². The third-order valence-electron chi connectivity index (χ3n) is 1.94. The molecule has 0 aliphatic rings. The van der Waals surface area contributed by atoms with Gasteiger partial charge >= 0.3 is 5.77 Å². The van der Waals surface area contributed by atoms with E-state index in [4.69, 9.17) is 8.37 Å². The second-order valence-electron chi connectivity index (χ2n) is 3.41. The summed E-state index contributed by atoms with van der Waals surface area (Å²) in [7, 11) is 0. The van der Waals surface area contributed by atoms with Crippen molar-refractivity contribution >= 4 is 29.1 Å². The molecule has 0 atom stereocenters. The van der Waals surface area contributed by atoms with E-state index in [0.717, 1.165) is 0 Å². The number of para-hydroxylation sites is 2. The first-order valence-corrected chi connectivity index (χ1v) is 9.66. The summed E-state index contributed by atoms with van der Waals surface area (Å²) in [5.74, 6) is -2.60. The van der Waals surface area contributed by atoms with Gasteiger partial charge in [-0.15, -0.1) is 0 Å². The van der Waals surface area contributed by atoms with Crippen molar-refractivity contribution in [1.29, 1.82) is 0 Å². The Hall–Kier alpha value is -1.07. The Morgan fingerprint density at radius 1 is 0.789 bits per heavy atom. The van der Waals surface area contributed by atoms with Crippen LogP contribution >= 0.6 is 29.1 Å². The minimum atomic E-state index is -3.63. The predicted octanol–water partition coefficient (Wildman–Crippen LogP) is 4.54. The number of benzene rings is 2. The van der Waals surface area contributed by atoms with Crippen molar-refractivity contribution in [2.75, 3.05) is 0 Å². The van der Waals surface area contributed by atoms with E-state index in [1.165, 1.54) is 0 Å². The molecule has 0 aliphatic carbocycles. The first-order chi connectivity index (χ1) is 9.16. The largest absolute Gasteiger partial charge is 0.415 e. The molecule has 2 aromatic rings. The lowest BCUT2D eigenvalue weighted by atomic mass is 10.3. The van der Waals surface area contributed by atoms with E-state index in [9.17, 15) is 9.46 Å². The molecular weight excluding hydrogens is 303 g/mol. The second-order valence-corrected chi connectivity index (χ2v) is 9.54. The summed E-state index contributed by atoms with van der Waals surface area (Å²) in [6.07, 6.45) is 0. The van der Waals surface area contributed by atoms with Crippen LogP contribution in [0.25, 0.3) is 0 Å². The van der Waals surface area contributed by atoms with Crippen LogP contribution in [0.15, 0.2) is 60.7 Å². The zero-order chi connectivity index (χ0) is 13.6. The van der Waals surface area contributed by atoms with Gasteiger partial charge in [0.1, 0.15) is 11.5 Å². The average molecular weight is 314 g/mol. The van der Waals surface area contributed by atoms with Crippen molar-refractivity contribution in [3.63, 3.8) is 0 Å². The van der Waals surface area contributed by atoms with Crippen LogP contribution in [0, 0.1) is 0 Å². The molecule has 19 heavy (non-hydrogen) atoms. The molecule has 100 valence electrons. The van der Waals surface area contributed by atoms with Crippen LogP contribution in [0.2, 0.25) is 0 Å². The molecule has 0 heterocycles. The molecule has 0 bridgehead atoms. The van der Waals surface area contributed by atoms with E-state index in [1.54, 1.807) is 48.5 Å². The summed E-state index contributed by atoms with van der Waals surface area (Å²) in [5.41, 5.74) is 0. The Labute approximate surface area is 119 Å². The summed E-state index contributed by atoms with van der Waals surface area (Å²) in [4.78, 5) is 9.67. The van der Waals surface area contributed by atoms with Crippen LogP contribution < -0.4 is 8.37 Å². The van der Waals surface area contributed by atoms with Gasteiger partial charge < -0.3 is 13.3 Å². The summed E-state index contributed by atoms with van der Waals surface area (Å²) < 4.78 is 22.1. The molecule has 0 saturated heterocycles. The maximum Gasteiger partial charge on any atom is 0.386 e. The Kier molecular flexibility index (Phi) is 5.22. The quantitative estimate of drug-likeness (QED) is 0.624. The SMILES string of the molecule is O=P(O)(SOc1ccccc1)SOc1ccccc1. The minimum Gasteiger partial charge on any atom is -0.415 e. The standard InChI is InChI=1S/C12H11O4PS2/c13-17(14,18-15-11-7-3-1-4-8-11)19-16-12-9-5-2-6-10-12/h1-10H,(H,13,14). The van der Waals surface area contributed by atoms with Crippen LogP contribution in [0.3, 0.4) is 0 Å². The van der Waals surface area contributed by atoms with Crippen LogP contribution in [-0.2, 0) is 4.57 Å². The summed E-state index contributed by atoms with van der Waals surface area (Å²) >= 11 is 1.00. The molecule has 2 aromatic carbocycles. The van der Waals surface area contributed by atoms with Gasteiger partial charge in [-0.25, -0.2) is 0 Å². The van der Waals surface area contributed by atoms with Crippen molar-refractivity contribution in [2.45, 2.75) is 0 Å². The maximum atomic E-state index is 11.8. The molecule has 0 saturated carbocycles. The fraction of sp³-hybridized carbons (Fsp3) is 0. The zero-order valence-electron chi connectivity index (χ0n) is 9.71. The third kappa shape index (κ3) is 5.20. The molecule has 0 aromatic heterocycles. The molecule has 0 radical (unpaired) electrons. The molecule has 0 spiro atoms. The Morgan fingerprint density at radius 2 is 1.16 bits per heavy atom. The Bertz CT molecular complexity index is 503. The molecule has 1 N–H and O–H groups in total.